The molecule has 0 spiro atoms. The maximum atomic E-state index is 13.0. The van der Waals surface area contributed by atoms with E-state index in [4.69, 9.17) is 0 Å². The Balaban J connectivity index is 2.04. The van der Waals surface area contributed by atoms with Gasteiger partial charge in [0.15, 0.2) is 0 Å². The summed E-state index contributed by atoms with van der Waals surface area (Å²) < 4.78 is 1.01. The van der Waals surface area contributed by atoms with Gasteiger partial charge in [0.25, 0.3) is 5.91 Å². The van der Waals surface area contributed by atoms with Crippen molar-refractivity contribution >= 4 is 38.4 Å². The number of carbonyl (C=O) groups excluding carboxylic acids is 1. The molecule has 1 aromatic heterocycles. The number of aromatic nitrogens is 1. The van der Waals surface area contributed by atoms with Gasteiger partial charge >= 0.3 is 0 Å². The van der Waals surface area contributed by atoms with Crippen LogP contribution in [0.2, 0.25) is 0 Å². The first-order valence-corrected chi connectivity index (χ1v) is 8.89. The van der Waals surface area contributed by atoms with Gasteiger partial charge in [-0.2, -0.15) is 0 Å². The summed E-state index contributed by atoms with van der Waals surface area (Å²) in [6.45, 7) is 4.13. The number of halogens is 1. The second-order valence-electron chi connectivity index (χ2n) is 5.64. The van der Waals surface area contributed by atoms with E-state index in [1.54, 1.807) is 6.20 Å². The molecule has 0 aliphatic heterocycles. The Labute approximate surface area is 150 Å². The van der Waals surface area contributed by atoms with Crippen LogP contribution in [0, 0.1) is 0 Å². The Hall–Kier alpha value is -2.20. The Morgan fingerprint density at radius 1 is 1.08 bits per heavy atom. The van der Waals surface area contributed by atoms with Gasteiger partial charge in [-0.25, -0.2) is 0 Å². The predicted octanol–water partition coefficient (Wildman–Crippen LogP) is 5.37. The molecule has 0 aliphatic rings. The lowest BCUT2D eigenvalue weighted by Gasteiger charge is -2.15. The van der Waals surface area contributed by atoms with Crippen LogP contribution < -0.4 is 5.32 Å². The van der Waals surface area contributed by atoms with Gasteiger partial charge in [-0.15, -0.1) is 0 Å². The van der Waals surface area contributed by atoms with Gasteiger partial charge in [-0.3, -0.25) is 9.78 Å². The number of pyridine rings is 1. The molecule has 1 heterocycles. The minimum Gasteiger partial charge on any atom is -0.320 e. The molecule has 0 saturated heterocycles. The monoisotopic (exact) mass is 382 g/mol. The molecule has 122 valence electrons. The molecular formula is C20H19BrN2O. The maximum absolute atomic E-state index is 13.0. The molecule has 3 aromatic rings. The molecule has 2 aromatic carbocycles. The van der Waals surface area contributed by atoms with Crippen LogP contribution in [-0.4, -0.2) is 10.9 Å². The zero-order valence-corrected chi connectivity index (χ0v) is 15.4. The first kappa shape index (κ1) is 16.7. The lowest BCUT2D eigenvalue weighted by Crippen LogP contribution is -2.17. The molecule has 3 nitrogen and oxygen atoms in total. The molecule has 0 saturated carbocycles. The third-order valence-electron chi connectivity index (χ3n) is 4.14. The van der Waals surface area contributed by atoms with Crippen molar-refractivity contribution in [2.24, 2.45) is 0 Å². The molecule has 1 amide bonds. The summed E-state index contributed by atoms with van der Waals surface area (Å²) in [6.07, 6.45) is 3.36. The van der Waals surface area contributed by atoms with E-state index in [0.29, 0.717) is 0 Å². The molecule has 0 fully saturated rings. The summed E-state index contributed by atoms with van der Waals surface area (Å²) in [5, 5.41) is 4.06. The van der Waals surface area contributed by atoms with E-state index in [1.807, 2.05) is 42.5 Å². The fourth-order valence-electron chi connectivity index (χ4n) is 2.96. The van der Waals surface area contributed by atoms with Crippen molar-refractivity contribution in [3.8, 4) is 0 Å². The lowest BCUT2D eigenvalue weighted by atomic mass is 9.96. The molecule has 0 unspecified atom stereocenters. The standard InChI is InChI=1S/C20H19BrN2O/c1-3-13-11-16(21)12-14(4-2)18(13)20(24)23-17-9-5-7-15-8-6-10-22-19(15)17/h5-12H,3-4H2,1-2H3,(H,23,24). The minimum absolute atomic E-state index is 0.0747. The Bertz CT molecular complexity index is 875. The minimum atomic E-state index is -0.0747. The number of para-hydroxylation sites is 1. The summed E-state index contributed by atoms with van der Waals surface area (Å²) in [6, 6.07) is 13.8. The summed E-state index contributed by atoms with van der Waals surface area (Å²) in [5.74, 6) is -0.0747. The highest BCUT2D eigenvalue weighted by Crippen LogP contribution is 2.26. The van der Waals surface area contributed by atoms with Crippen LogP contribution >= 0.6 is 15.9 Å². The largest absolute Gasteiger partial charge is 0.320 e. The normalized spacial score (nSPS) is 10.8. The number of rotatable bonds is 4. The average Bonchev–Trinajstić information content (AvgIpc) is 2.61. The van der Waals surface area contributed by atoms with Gasteiger partial charge in [0, 0.05) is 21.6 Å². The number of nitrogens with one attached hydrogen (secondary N) is 1. The number of anilines is 1. The third-order valence-corrected chi connectivity index (χ3v) is 4.59. The zero-order valence-electron chi connectivity index (χ0n) is 13.8. The summed E-state index contributed by atoms with van der Waals surface area (Å²) in [5.41, 5.74) is 4.42. The van der Waals surface area contributed by atoms with Crippen LogP contribution in [0.4, 0.5) is 5.69 Å². The molecule has 0 bridgehead atoms. The smallest absolute Gasteiger partial charge is 0.256 e. The van der Waals surface area contributed by atoms with E-state index in [1.165, 1.54) is 0 Å². The van der Waals surface area contributed by atoms with Crippen LogP contribution in [0.15, 0.2) is 53.1 Å². The molecule has 0 radical (unpaired) electrons. The molecule has 0 atom stereocenters. The van der Waals surface area contributed by atoms with E-state index in [9.17, 15) is 4.79 Å². The average molecular weight is 383 g/mol. The van der Waals surface area contributed by atoms with E-state index >= 15 is 0 Å². The maximum Gasteiger partial charge on any atom is 0.256 e. The van der Waals surface area contributed by atoms with Crippen LogP contribution in [-0.2, 0) is 12.8 Å². The van der Waals surface area contributed by atoms with Gasteiger partial charge in [-0.1, -0.05) is 48.0 Å². The Morgan fingerprint density at radius 2 is 1.75 bits per heavy atom. The first-order valence-electron chi connectivity index (χ1n) is 8.10. The van der Waals surface area contributed by atoms with Gasteiger partial charge in [0.05, 0.1) is 11.2 Å². The van der Waals surface area contributed by atoms with Crippen LogP contribution in [0.25, 0.3) is 10.9 Å². The first-order chi connectivity index (χ1) is 11.6. The van der Waals surface area contributed by atoms with Gasteiger partial charge in [0.2, 0.25) is 0 Å². The van der Waals surface area contributed by atoms with E-state index in [-0.39, 0.29) is 5.91 Å². The van der Waals surface area contributed by atoms with Crippen molar-refractivity contribution in [3.05, 3.63) is 69.8 Å². The highest BCUT2D eigenvalue weighted by atomic mass is 79.9. The van der Waals surface area contributed by atoms with Gasteiger partial charge in [0.1, 0.15) is 0 Å². The number of fused-ring (bicyclic) bond motifs is 1. The molecule has 24 heavy (non-hydrogen) atoms. The number of hydrogen-bond acceptors (Lipinski definition) is 2. The van der Waals surface area contributed by atoms with Crippen LogP contribution in [0.5, 0.6) is 0 Å². The molecule has 3 rings (SSSR count). The number of aryl methyl sites for hydroxylation is 2. The predicted molar refractivity (Wildman–Crippen MR) is 103 cm³/mol. The topological polar surface area (TPSA) is 42.0 Å². The van der Waals surface area contributed by atoms with Crippen molar-refractivity contribution in [2.45, 2.75) is 26.7 Å². The second-order valence-corrected chi connectivity index (χ2v) is 6.56. The van der Waals surface area contributed by atoms with Crippen molar-refractivity contribution in [1.82, 2.24) is 4.98 Å². The third kappa shape index (κ3) is 3.20. The molecule has 0 aliphatic carbocycles. The number of amides is 1. The number of hydrogen-bond donors (Lipinski definition) is 1. The van der Waals surface area contributed by atoms with Crippen molar-refractivity contribution in [1.29, 1.82) is 0 Å². The van der Waals surface area contributed by atoms with Gasteiger partial charge in [-0.05, 0) is 48.2 Å². The summed E-state index contributed by atoms with van der Waals surface area (Å²) in [7, 11) is 0. The van der Waals surface area contributed by atoms with E-state index < -0.39 is 0 Å². The lowest BCUT2D eigenvalue weighted by molar-refractivity contribution is 0.102. The van der Waals surface area contributed by atoms with E-state index in [2.05, 4.69) is 40.1 Å². The van der Waals surface area contributed by atoms with E-state index in [0.717, 1.165) is 50.6 Å². The molecule has 1 N–H and O–H groups in total. The van der Waals surface area contributed by atoms with Crippen molar-refractivity contribution in [3.63, 3.8) is 0 Å². The number of carbonyl (C=O) groups is 1. The van der Waals surface area contributed by atoms with Crippen LogP contribution in [0.1, 0.15) is 35.3 Å². The Kier molecular flexibility index (Phi) is 4.95. The highest BCUT2D eigenvalue weighted by molar-refractivity contribution is 9.10. The van der Waals surface area contributed by atoms with Crippen molar-refractivity contribution < 1.29 is 4.79 Å². The zero-order chi connectivity index (χ0) is 17.1. The number of benzene rings is 2. The fraction of sp³-hybridized carbons (Fsp3) is 0.200. The van der Waals surface area contributed by atoms with Crippen LogP contribution in [0.3, 0.4) is 0 Å². The SMILES string of the molecule is CCc1cc(Br)cc(CC)c1C(=O)Nc1cccc2cccnc12. The fourth-order valence-corrected chi connectivity index (χ4v) is 3.52. The molecule has 4 heteroatoms. The van der Waals surface area contributed by atoms with Crippen molar-refractivity contribution in [2.75, 3.05) is 5.32 Å². The number of nitrogens with zero attached hydrogens (tertiary/aromatic N) is 1. The quantitative estimate of drug-likeness (QED) is 0.658. The second kappa shape index (κ2) is 7.14. The summed E-state index contributed by atoms with van der Waals surface area (Å²) >= 11 is 3.54. The Morgan fingerprint density at radius 3 is 2.42 bits per heavy atom. The van der Waals surface area contributed by atoms with Gasteiger partial charge < -0.3 is 5.32 Å². The summed E-state index contributed by atoms with van der Waals surface area (Å²) in [4.78, 5) is 17.4. The highest BCUT2D eigenvalue weighted by Gasteiger charge is 2.17. The molecular weight excluding hydrogens is 364 g/mol.